The Morgan fingerprint density at radius 1 is 1.30 bits per heavy atom. The molecule has 0 N–H and O–H groups in total. The van der Waals surface area contributed by atoms with Gasteiger partial charge in [-0.3, -0.25) is 4.79 Å². The molecule has 0 radical (unpaired) electrons. The minimum atomic E-state index is -3.60. The lowest BCUT2D eigenvalue weighted by atomic mass is 9.75. The maximum atomic E-state index is 13.1. The van der Waals surface area contributed by atoms with Gasteiger partial charge in [0.15, 0.2) is 12.6 Å². The Morgan fingerprint density at radius 2 is 1.96 bits per heavy atom. The molecular formula is C19H25NO6S. The first-order valence-electron chi connectivity index (χ1n) is 9.35. The summed E-state index contributed by atoms with van der Waals surface area (Å²) >= 11 is 0. The van der Waals surface area contributed by atoms with Crippen molar-refractivity contribution in [3.05, 3.63) is 29.8 Å². The average Bonchev–Trinajstić information content (AvgIpc) is 3.19. The van der Waals surface area contributed by atoms with Gasteiger partial charge in [-0.15, -0.1) is 0 Å². The van der Waals surface area contributed by atoms with E-state index in [-0.39, 0.29) is 42.3 Å². The number of rotatable bonds is 5. The number of ether oxygens (including phenoxy) is 3. The summed E-state index contributed by atoms with van der Waals surface area (Å²) in [6, 6.07) is 6.60. The van der Waals surface area contributed by atoms with Gasteiger partial charge in [0.2, 0.25) is 10.0 Å². The lowest BCUT2D eigenvalue weighted by Crippen LogP contribution is -2.60. The number of fused-ring (bicyclic) bond motifs is 2. The molecule has 1 unspecified atom stereocenters. The lowest BCUT2D eigenvalue weighted by molar-refractivity contribution is -0.411. The summed E-state index contributed by atoms with van der Waals surface area (Å²) in [5.74, 6) is -0.527. The van der Waals surface area contributed by atoms with E-state index in [0.29, 0.717) is 12.8 Å². The van der Waals surface area contributed by atoms with Crippen molar-refractivity contribution in [3.8, 4) is 0 Å². The molecule has 0 amide bonds. The monoisotopic (exact) mass is 395 g/mol. The lowest BCUT2D eigenvalue weighted by Gasteiger charge is -2.48. The molecule has 1 aromatic rings. The molecule has 2 bridgehead atoms. The second-order valence-corrected chi connectivity index (χ2v) is 9.50. The van der Waals surface area contributed by atoms with Crippen molar-refractivity contribution in [1.82, 2.24) is 4.31 Å². The molecule has 2 heterocycles. The van der Waals surface area contributed by atoms with E-state index < -0.39 is 21.7 Å². The highest BCUT2D eigenvalue weighted by Crippen LogP contribution is 2.57. The fourth-order valence-electron chi connectivity index (χ4n) is 4.64. The molecule has 8 heteroatoms. The summed E-state index contributed by atoms with van der Waals surface area (Å²) < 4.78 is 44.4. The Kier molecular flexibility index (Phi) is 4.57. The second kappa shape index (κ2) is 6.55. The van der Waals surface area contributed by atoms with Crippen LogP contribution in [0.4, 0.5) is 0 Å². The third-order valence-corrected chi connectivity index (χ3v) is 7.93. The van der Waals surface area contributed by atoms with Gasteiger partial charge in [-0.05, 0) is 51.7 Å². The van der Waals surface area contributed by atoms with Crippen molar-refractivity contribution < 1.29 is 27.4 Å². The fraction of sp³-hybridized carbons (Fsp3) is 0.632. The van der Waals surface area contributed by atoms with Gasteiger partial charge in [0.1, 0.15) is 5.41 Å². The third kappa shape index (κ3) is 2.81. The van der Waals surface area contributed by atoms with Crippen LogP contribution in [-0.4, -0.2) is 50.5 Å². The van der Waals surface area contributed by atoms with Gasteiger partial charge in [-0.25, -0.2) is 8.42 Å². The van der Waals surface area contributed by atoms with Crippen LogP contribution in [0.5, 0.6) is 0 Å². The average molecular weight is 395 g/mol. The van der Waals surface area contributed by atoms with Gasteiger partial charge in [-0.2, -0.15) is 4.31 Å². The van der Waals surface area contributed by atoms with E-state index in [4.69, 9.17) is 14.2 Å². The number of carbonyl (C=O) groups excluding carboxylic acids is 1. The maximum Gasteiger partial charge on any atom is 0.317 e. The summed E-state index contributed by atoms with van der Waals surface area (Å²) in [6.45, 7) is 6.00. The van der Waals surface area contributed by atoms with Crippen LogP contribution in [0, 0.1) is 18.3 Å². The smallest absolute Gasteiger partial charge is 0.317 e. The minimum Gasteiger partial charge on any atom is -0.465 e. The van der Waals surface area contributed by atoms with Crippen molar-refractivity contribution in [3.63, 3.8) is 0 Å². The number of hydrogen-bond acceptors (Lipinski definition) is 6. The number of nitrogens with zero attached hydrogens (tertiary/aromatic N) is 1. The fourth-order valence-corrected chi connectivity index (χ4v) is 6.32. The number of sulfonamides is 1. The molecular weight excluding hydrogens is 370 g/mol. The van der Waals surface area contributed by atoms with Crippen molar-refractivity contribution in [2.24, 2.45) is 11.3 Å². The van der Waals surface area contributed by atoms with Crippen LogP contribution in [0.15, 0.2) is 29.2 Å². The molecule has 2 aliphatic heterocycles. The van der Waals surface area contributed by atoms with Gasteiger partial charge in [0.05, 0.1) is 11.5 Å². The predicted octanol–water partition coefficient (Wildman–Crippen LogP) is 2.05. The van der Waals surface area contributed by atoms with Crippen molar-refractivity contribution in [2.75, 3.05) is 13.2 Å². The molecule has 7 nitrogen and oxygen atoms in total. The van der Waals surface area contributed by atoms with Crippen LogP contribution in [0.3, 0.4) is 0 Å². The van der Waals surface area contributed by atoms with Crippen molar-refractivity contribution >= 4 is 16.0 Å². The van der Waals surface area contributed by atoms with Crippen LogP contribution >= 0.6 is 0 Å². The maximum absolute atomic E-state index is 13.1. The summed E-state index contributed by atoms with van der Waals surface area (Å²) in [5, 5.41) is 0. The van der Waals surface area contributed by atoms with E-state index in [1.54, 1.807) is 38.1 Å². The number of benzene rings is 1. The van der Waals surface area contributed by atoms with Crippen LogP contribution in [0.25, 0.3) is 0 Å². The van der Waals surface area contributed by atoms with Crippen molar-refractivity contribution in [1.29, 1.82) is 0 Å². The first-order chi connectivity index (χ1) is 12.8. The summed E-state index contributed by atoms with van der Waals surface area (Å²) in [7, 11) is -3.60. The molecule has 3 fully saturated rings. The first-order valence-corrected chi connectivity index (χ1v) is 10.8. The quantitative estimate of drug-likeness (QED) is 0.710. The van der Waals surface area contributed by atoms with Gasteiger partial charge in [0, 0.05) is 12.6 Å². The second-order valence-electron chi connectivity index (χ2n) is 7.61. The van der Waals surface area contributed by atoms with Gasteiger partial charge >= 0.3 is 5.97 Å². The van der Waals surface area contributed by atoms with E-state index in [1.807, 2.05) is 6.92 Å². The molecule has 27 heavy (non-hydrogen) atoms. The Labute approximate surface area is 159 Å². The molecule has 2 saturated heterocycles. The highest BCUT2D eigenvalue weighted by Gasteiger charge is 2.67. The molecule has 1 aromatic carbocycles. The number of hydrogen-bond donors (Lipinski definition) is 0. The zero-order valence-electron chi connectivity index (χ0n) is 15.8. The minimum absolute atomic E-state index is 0.181. The largest absolute Gasteiger partial charge is 0.465 e. The Bertz CT molecular complexity index is 832. The van der Waals surface area contributed by atoms with Crippen LogP contribution in [0.2, 0.25) is 0 Å². The molecule has 1 saturated carbocycles. The van der Waals surface area contributed by atoms with E-state index in [9.17, 15) is 13.2 Å². The van der Waals surface area contributed by atoms with Gasteiger partial charge in [-0.1, -0.05) is 17.7 Å². The summed E-state index contributed by atoms with van der Waals surface area (Å²) in [4.78, 5) is 13.1. The molecule has 0 spiro atoms. The highest BCUT2D eigenvalue weighted by atomic mass is 32.2. The Hall–Kier alpha value is -1.48. The number of piperidine rings is 1. The molecule has 3 aliphatic rings. The van der Waals surface area contributed by atoms with Crippen LogP contribution in [0.1, 0.15) is 32.3 Å². The predicted molar refractivity (Wildman–Crippen MR) is 96.1 cm³/mol. The first kappa shape index (κ1) is 18.9. The van der Waals surface area contributed by atoms with Crippen LogP contribution < -0.4 is 0 Å². The number of carbonyl (C=O) groups is 1. The highest BCUT2D eigenvalue weighted by molar-refractivity contribution is 7.89. The van der Waals surface area contributed by atoms with Gasteiger partial charge in [0.25, 0.3) is 0 Å². The summed E-state index contributed by atoms with van der Waals surface area (Å²) in [5.41, 5.74) is 0.0820. The third-order valence-electron chi connectivity index (χ3n) is 6.00. The molecule has 0 aromatic heterocycles. The van der Waals surface area contributed by atoms with Crippen molar-refractivity contribution in [2.45, 2.75) is 57.1 Å². The molecule has 1 aliphatic carbocycles. The number of aryl methyl sites for hydroxylation is 1. The van der Waals surface area contributed by atoms with E-state index >= 15 is 0 Å². The van der Waals surface area contributed by atoms with E-state index in [2.05, 4.69) is 0 Å². The zero-order valence-corrected chi connectivity index (χ0v) is 16.6. The topological polar surface area (TPSA) is 82.1 Å². The standard InChI is InChI=1S/C19H25NO6S/c1-4-24-17(21)19(18-25-13(3)26-18)10-15-9-14(19)11-20(15)27(22,23)16-7-5-12(2)6-8-16/h5-8,13-15,18H,4,9-11H2,1-3H3/t13?,14-,15-,18?,19?/m1/s1. The Morgan fingerprint density at radius 3 is 2.48 bits per heavy atom. The molecule has 148 valence electrons. The van der Waals surface area contributed by atoms with Gasteiger partial charge < -0.3 is 14.2 Å². The normalized spacial score (nSPS) is 35.8. The van der Waals surface area contributed by atoms with Crippen LogP contribution in [-0.2, 0) is 29.0 Å². The molecule has 3 atom stereocenters. The number of esters is 1. The zero-order chi connectivity index (χ0) is 19.4. The SMILES string of the molecule is CCOC(=O)C1(C2OC(C)O2)C[C@H]2C[C@@H]1CN2S(=O)(=O)c1ccc(C)cc1. The van der Waals surface area contributed by atoms with E-state index in [0.717, 1.165) is 5.56 Å². The van der Waals surface area contributed by atoms with E-state index in [1.165, 1.54) is 4.31 Å². The summed E-state index contributed by atoms with van der Waals surface area (Å²) in [6.07, 6.45) is -0.0425. The Balaban J connectivity index is 1.60. The molecule has 4 rings (SSSR count).